The predicted molar refractivity (Wildman–Crippen MR) is 103 cm³/mol. The number of aliphatic carboxylic acids is 1. The van der Waals surface area contributed by atoms with Crippen LogP contribution in [0.5, 0.6) is 0 Å². The number of Topliss-reactive ketones (excluding diaryl/α,β-unsaturated/α-hetero) is 1. The van der Waals surface area contributed by atoms with Crippen LogP contribution in [0.2, 0.25) is 0 Å². The van der Waals surface area contributed by atoms with E-state index in [-0.39, 0.29) is 18.9 Å². The van der Waals surface area contributed by atoms with Crippen molar-refractivity contribution in [2.45, 2.75) is 38.4 Å². The number of hydrogen-bond donors (Lipinski definition) is 3. The number of carboxylic acids is 1. The fraction of sp³-hybridized carbons (Fsp3) is 0.350. The van der Waals surface area contributed by atoms with Crippen LogP contribution in [0, 0.1) is 0 Å². The highest BCUT2D eigenvalue weighted by molar-refractivity contribution is 6.02. The summed E-state index contributed by atoms with van der Waals surface area (Å²) < 4.78 is 12.8. The van der Waals surface area contributed by atoms with Crippen molar-refractivity contribution in [2.24, 2.45) is 0 Å². The fourth-order valence-electron chi connectivity index (χ4n) is 3.49. The first-order valence-electron chi connectivity index (χ1n) is 9.39. The summed E-state index contributed by atoms with van der Waals surface area (Å²) in [4.78, 5) is 49.7. The van der Waals surface area contributed by atoms with E-state index in [2.05, 4.69) is 15.5 Å². The Kier molecular flexibility index (Phi) is 6.24. The number of hydrogen-bond acceptors (Lipinski definition) is 5. The molecule has 1 aliphatic rings. The Morgan fingerprint density at radius 1 is 1.33 bits per heavy atom. The van der Waals surface area contributed by atoms with E-state index in [1.807, 2.05) is 6.07 Å². The van der Waals surface area contributed by atoms with Crippen LogP contribution >= 0.6 is 0 Å². The first-order chi connectivity index (χ1) is 14.3. The molecule has 10 heteroatoms. The number of carbonyl (C=O) groups excluding carboxylic acids is 3. The monoisotopic (exact) mass is 416 g/mol. The quantitative estimate of drug-likeness (QED) is 0.565. The Bertz CT molecular complexity index is 976. The third kappa shape index (κ3) is 4.22. The molecule has 158 valence electrons. The lowest BCUT2D eigenvalue weighted by molar-refractivity contribution is -0.140. The Morgan fingerprint density at radius 3 is 2.70 bits per heavy atom. The molecule has 1 aliphatic heterocycles. The summed E-state index contributed by atoms with van der Waals surface area (Å²) in [7, 11) is 0. The van der Waals surface area contributed by atoms with Gasteiger partial charge in [0, 0.05) is 23.9 Å². The number of aromatic nitrogens is 2. The minimum Gasteiger partial charge on any atom is -0.481 e. The molecule has 0 radical (unpaired) electrons. The molecule has 2 heterocycles. The molecule has 0 aliphatic carbocycles. The number of carboxylic acid groups (broad SMARTS) is 1. The zero-order valence-electron chi connectivity index (χ0n) is 16.2. The molecule has 0 spiro atoms. The normalized spacial score (nSPS) is 14.9. The fourth-order valence-corrected chi connectivity index (χ4v) is 3.49. The molecule has 9 nitrogen and oxygen atoms in total. The van der Waals surface area contributed by atoms with Gasteiger partial charge in [0.05, 0.1) is 12.6 Å². The lowest BCUT2D eigenvalue weighted by Crippen LogP contribution is -2.52. The molecule has 0 bridgehead atoms. The van der Waals surface area contributed by atoms with Crippen molar-refractivity contribution in [3.05, 3.63) is 41.7 Å². The average molecular weight is 416 g/mol. The van der Waals surface area contributed by atoms with E-state index in [0.717, 1.165) is 16.7 Å². The van der Waals surface area contributed by atoms with Crippen molar-refractivity contribution in [1.29, 1.82) is 0 Å². The first kappa shape index (κ1) is 21.2. The highest BCUT2D eigenvalue weighted by Crippen LogP contribution is 2.30. The maximum absolute atomic E-state index is 13.0. The van der Waals surface area contributed by atoms with Crippen molar-refractivity contribution in [1.82, 2.24) is 20.4 Å². The van der Waals surface area contributed by atoms with Crippen LogP contribution in [0.3, 0.4) is 0 Å². The number of aromatic amines is 1. The Labute approximate surface area is 171 Å². The number of nitrogens with one attached hydrogen (secondary N) is 2. The number of amides is 2. The summed E-state index contributed by atoms with van der Waals surface area (Å²) in [6.07, 6.45) is 2.84. The highest BCUT2D eigenvalue weighted by Gasteiger charge is 2.37. The molecule has 2 unspecified atom stereocenters. The SMILES string of the molecule is CCC(C(=O)NC(CC(=O)O)C(=O)CF)N1Cc2ccc(-c3cn[nH]c3)cc2C1=O. The van der Waals surface area contributed by atoms with Crippen LogP contribution in [-0.2, 0) is 20.9 Å². The van der Waals surface area contributed by atoms with Gasteiger partial charge in [0.25, 0.3) is 5.91 Å². The van der Waals surface area contributed by atoms with Crippen LogP contribution in [0.25, 0.3) is 11.1 Å². The molecular weight excluding hydrogens is 395 g/mol. The second-order valence-electron chi connectivity index (χ2n) is 6.97. The zero-order valence-corrected chi connectivity index (χ0v) is 16.2. The van der Waals surface area contributed by atoms with Gasteiger partial charge in [-0.3, -0.25) is 24.3 Å². The topological polar surface area (TPSA) is 132 Å². The largest absolute Gasteiger partial charge is 0.481 e. The predicted octanol–water partition coefficient (Wildman–Crippen LogP) is 1.31. The first-order valence-corrected chi connectivity index (χ1v) is 9.39. The van der Waals surface area contributed by atoms with E-state index < -0.39 is 42.8 Å². The number of H-pyrrole nitrogens is 1. The standard InChI is InChI=1S/C20H21FN4O5/c1-2-16(19(29)24-15(6-18(27)28)17(26)7-21)25-10-12-4-3-11(5-14(12)20(25)30)13-8-22-23-9-13/h3-5,8-9,15-16H,2,6-7,10H2,1H3,(H,22,23)(H,24,29)(H,27,28). The lowest BCUT2D eigenvalue weighted by atomic mass is 10.0. The van der Waals surface area contributed by atoms with Crippen LogP contribution in [0.1, 0.15) is 35.7 Å². The van der Waals surface area contributed by atoms with E-state index in [1.54, 1.807) is 31.5 Å². The average Bonchev–Trinajstić information content (AvgIpc) is 3.36. The van der Waals surface area contributed by atoms with Gasteiger partial charge in [0.2, 0.25) is 5.91 Å². The third-order valence-electron chi connectivity index (χ3n) is 5.05. The number of carbonyl (C=O) groups is 4. The number of alkyl halides is 1. The maximum atomic E-state index is 13.0. The second-order valence-corrected chi connectivity index (χ2v) is 6.97. The van der Waals surface area contributed by atoms with Gasteiger partial charge in [0.15, 0.2) is 5.78 Å². The van der Waals surface area contributed by atoms with Gasteiger partial charge < -0.3 is 15.3 Å². The number of ketones is 1. The number of rotatable bonds is 9. The number of nitrogens with zero attached hydrogens (tertiary/aromatic N) is 2. The van der Waals surface area contributed by atoms with E-state index in [1.165, 1.54) is 4.90 Å². The van der Waals surface area contributed by atoms with E-state index in [4.69, 9.17) is 5.11 Å². The van der Waals surface area contributed by atoms with Gasteiger partial charge in [-0.25, -0.2) is 4.39 Å². The molecule has 2 atom stereocenters. The molecule has 0 saturated carbocycles. The zero-order chi connectivity index (χ0) is 21.8. The molecule has 2 amide bonds. The van der Waals surface area contributed by atoms with Crippen LogP contribution in [0.4, 0.5) is 4.39 Å². The second kappa shape index (κ2) is 8.85. The molecule has 0 saturated heterocycles. The number of benzene rings is 1. The highest BCUT2D eigenvalue weighted by atomic mass is 19.1. The molecule has 3 N–H and O–H groups in total. The van der Waals surface area contributed by atoms with Gasteiger partial charge in [-0.15, -0.1) is 0 Å². The summed E-state index contributed by atoms with van der Waals surface area (Å²) in [5.41, 5.74) is 2.82. The molecular formula is C20H21FN4O5. The summed E-state index contributed by atoms with van der Waals surface area (Å²) in [5, 5.41) is 17.8. The number of fused-ring (bicyclic) bond motifs is 1. The van der Waals surface area contributed by atoms with E-state index >= 15 is 0 Å². The van der Waals surface area contributed by atoms with Crippen molar-refractivity contribution in [3.63, 3.8) is 0 Å². The van der Waals surface area contributed by atoms with Crippen molar-refractivity contribution < 1.29 is 28.7 Å². The van der Waals surface area contributed by atoms with Crippen LogP contribution in [0.15, 0.2) is 30.6 Å². The van der Waals surface area contributed by atoms with Gasteiger partial charge in [-0.05, 0) is 23.6 Å². The lowest BCUT2D eigenvalue weighted by Gasteiger charge is -2.27. The minimum absolute atomic E-state index is 0.201. The van der Waals surface area contributed by atoms with Crippen molar-refractivity contribution >= 4 is 23.6 Å². The van der Waals surface area contributed by atoms with E-state index in [0.29, 0.717) is 5.56 Å². The Hall–Kier alpha value is -3.56. The van der Waals surface area contributed by atoms with E-state index in [9.17, 15) is 23.6 Å². The number of halogens is 1. The van der Waals surface area contributed by atoms with Gasteiger partial charge in [-0.1, -0.05) is 19.1 Å². The maximum Gasteiger partial charge on any atom is 0.305 e. The van der Waals surface area contributed by atoms with Crippen LogP contribution in [-0.4, -0.2) is 62.5 Å². The summed E-state index contributed by atoms with van der Waals surface area (Å²) in [5.74, 6) is -3.40. The summed E-state index contributed by atoms with van der Waals surface area (Å²) >= 11 is 0. The molecule has 30 heavy (non-hydrogen) atoms. The molecule has 0 fully saturated rings. The van der Waals surface area contributed by atoms with Crippen molar-refractivity contribution in [2.75, 3.05) is 6.67 Å². The molecule has 2 aromatic rings. The van der Waals surface area contributed by atoms with Gasteiger partial charge in [0.1, 0.15) is 18.8 Å². The van der Waals surface area contributed by atoms with Gasteiger partial charge in [-0.2, -0.15) is 5.10 Å². The summed E-state index contributed by atoms with van der Waals surface area (Å²) in [6.45, 7) is 0.507. The van der Waals surface area contributed by atoms with Gasteiger partial charge >= 0.3 is 5.97 Å². The Balaban J connectivity index is 1.79. The molecule has 1 aromatic carbocycles. The Morgan fingerprint density at radius 2 is 2.10 bits per heavy atom. The third-order valence-corrected chi connectivity index (χ3v) is 5.05. The van der Waals surface area contributed by atoms with Crippen molar-refractivity contribution in [3.8, 4) is 11.1 Å². The smallest absolute Gasteiger partial charge is 0.305 e. The minimum atomic E-state index is -1.48. The summed E-state index contributed by atoms with van der Waals surface area (Å²) in [6, 6.07) is 2.98. The van der Waals surface area contributed by atoms with Crippen LogP contribution < -0.4 is 5.32 Å². The molecule has 3 rings (SSSR count). The molecule has 1 aromatic heterocycles.